The SMILES string of the molecule is COc1c(C(F)F)ccc(C)c1-c1cc(N)no1. The fraction of sp³-hybridized carbons (Fsp3) is 0.250. The molecule has 0 amide bonds. The number of nitrogens with two attached hydrogens (primary N) is 1. The Balaban J connectivity index is 2.68. The maximum absolute atomic E-state index is 12.9. The average molecular weight is 254 g/mol. The fourth-order valence-corrected chi connectivity index (χ4v) is 1.80. The van der Waals surface area contributed by atoms with E-state index in [1.165, 1.54) is 19.2 Å². The van der Waals surface area contributed by atoms with Gasteiger partial charge in [-0.15, -0.1) is 0 Å². The molecule has 4 nitrogen and oxygen atoms in total. The predicted molar refractivity (Wildman–Crippen MR) is 62.6 cm³/mol. The van der Waals surface area contributed by atoms with Gasteiger partial charge in [0.05, 0.1) is 18.2 Å². The van der Waals surface area contributed by atoms with Gasteiger partial charge in [-0.3, -0.25) is 0 Å². The maximum atomic E-state index is 12.9. The Morgan fingerprint density at radius 2 is 2.11 bits per heavy atom. The largest absolute Gasteiger partial charge is 0.495 e. The lowest BCUT2D eigenvalue weighted by atomic mass is 10.0. The van der Waals surface area contributed by atoms with Crippen molar-refractivity contribution in [1.29, 1.82) is 0 Å². The molecule has 0 aliphatic carbocycles. The third-order valence-electron chi connectivity index (χ3n) is 2.61. The zero-order valence-corrected chi connectivity index (χ0v) is 9.91. The number of methoxy groups -OCH3 is 1. The number of rotatable bonds is 3. The molecule has 0 saturated carbocycles. The third kappa shape index (κ3) is 2.01. The number of benzene rings is 1. The molecule has 0 atom stereocenters. The van der Waals surface area contributed by atoms with E-state index >= 15 is 0 Å². The van der Waals surface area contributed by atoms with Crippen molar-refractivity contribution < 1.29 is 18.0 Å². The highest BCUT2D eigenvalue weighted by Crippen LogP contribution is 2.40. The smallest absolute Gasteiger partial charge is 0.267 e. The van der Waals surface area contributed by atoms with E-state index in [1.807, 2.05) is 0 Å². The first-order valence-corrected chi connectivity index (χ1v) is 5.22. The predicted octanol–water partition coefficient (Wildman–Crippen LogP) is 3.18. The van der Waals surface area contributed by atoms with Gasteiger partial charge in [0.1, 0.15) is 5.75 Å². The van der Waals surface area contributed by atoms with Crippen molar-refractivity contribution in [3.63, 3.8) is 0 Å². The molecule has 0 unspecified atom stereocenters. The summed E-state index contributed by atoms with van der Waals surface area (Å²) in [6.45, 7) is 1.77. The van der Waals surface area contributed by atoms with Gasteiger partial charge in [-0.2, -0.15) is 0 Å². The van der Waals surface area contributed by atoms with E-state index in [0.29, 0.717) is 11.3 Å². The first kappa shape index (κ1) is 12.3. The van der Waals surface area contributed by atoms with Gasteiger partial charge in [0.2, 0.25) is 0 Å². The van der Waals surface area contributed by atoms with E-state index in [0.717, 1.165) is 5.56 Å². The van der Waals surface area contributed by atoms with Gasteiger partial charge < -0.3 is 15.0 Å². The van der Waals surface area contributed by atoms with Crippen LogP contribution in [0.2, 0.25) is 0 Å². The molecule has 18 heavy (non-hydrogen) atoms. The molecule has 0 fully saturated rings. The maximum Gasteiger partial charge on any atom is 0.267 e. The molecule has 0 aliphatic rings. The summed E-state index contributed by atoms with van der Waals surface area (Å²) < 4.78 is 35.9. The molecule has 2 rings (SSSR count). The van der Waals surface area contributed by atoms with Crippen molar-refractivity contribution in [2.24, 2.45) is 0 Å². The van der Waals surface area contributed by atoms with Crippen molar-refractivity contribution in [3.8, 4) is 17.1 Å². The zero-order chi connectivity index (χ0) is 13.3. The second kappa shape index (κ2) is 4.64. The summed E-state index contributed by atoms with van der Waals surface area (Å²) in [5.74, 6) is 0.583. The van der Waals surface area contributed by atoms with Gasteiger partial charge in [-0.25, -0.2) is 8.78 Å². The van der Waals surface area contributed by atoms with Crippen LogP contribution >= 0.6 is 0 Å². The molecule has 0 spiro atoms. The van der Waals surface area contributed by atoms with Crippen LogP contribution in [0.1, 0.15) is 17.6 Å². The number of anilines is 1. The summed E-state index contributed by atoms with van der Waals surface area (Å²) in [5, 5.41) is 3.54. The van der Waals surface area contributed by atoms with Crippen LogP contribution in [-0.2, 0) is 0 Å². The highest BCUT2D eigenvalue weighted by atomic mass is 19.3. The highest BCUT2D eigenvalue weighted by Gasteiger charge is 2.22. The van der Waals surface area contributed by atoms with Crippen molar-refractivity contribution in [2.75, 3.05) is 12.8 Å². The first-order chi connectivity index (χ1) is 8.54. The topological polar surface area (TPSA) is 61.3 Å². The Labute approximate surface area is 102 Å². The van der Waals surface area contributed by atoms with E-state index in [4.69, 9.17) is 15.0 Å². The molecule has 1 aromatic carbocycles. The zero-order valence-electron chi connectivity index (χ0n) is 9.91. The van der Waals surface area contributed by atoms with Crippen LogP contribution in [0.4, 0.5) is 14.6 Å². The molecular weight excluding hydrogens is 242 g/mol. The molecule has 96 valence electrons. The van der Waals surface area contributed by atoms with E-state index in [-0.39, 0.29) is 17.1 Å². The Bertz CT molecular complexity index is 567. The lowest BCUT2D eigenvalue weighted by Crippen LogP contribution is -1.97. The standard InChI is InChI=1S/C12H12F2N2O2/c1-6-3-4-7(12(13)14)11(17-2)10(6)8-5-9(15)16-18-8/h3-5,12H,1-2H3,(H2,15,16). The summed E-state index contributed by atoms with van der Waals surface area (Å²) in [7, 11) is 1.34. The van der Waals surface area contributed by atoms with Crippen LogP contribution in [0.5, 0.6) is 5.75 Å². The van der Waals surface area contributed by atoms with Gasteiger partial charge in [0, 0.05) is 6.07 Å². The number of ether oxygens (including phenoxy) is 1. The number of nitrogen functional groups attached to an aromatic ring is 1. The monoisotopic (exact) mass is 254 g/mol. The number of aryl methyl sites for hydroxylation is 1. The molecule has 2 aromatic rings. The second-order valence-corrected chi connectivity index (χ2v) is 3.80. The van der Waals surface area contributed by atoms with Crippen LogP contribution in [0.3, 0.4) is 0 Å². The summed E-state index contributed by atoms with van der Waals surface area (Å²) >= 11 is 0. The minimum atomic E-state index is -2.63. The minimum Gasteiger partial charge on any atom is -0.495 e. The lowest BCUT2D eigenvalue weighted by Gasteiger charge is -2.13. The van der Waals surface area contributed by atoms with Gasteiger partial charge in [-0.05, 0) is 18.6 Å². The van der Waals surface area contributed by atoms with E-state index < -0.39 is 6.43 Å². The van der Waals surface area contributed by atoms with Gasteiger partial charge in [0.15, 0.2) is 11.6 Å². The highest BCUT2D eigenvalue weighted by molar-refractivity contribution is 5.73. The number of aromatic nitrogens is 1. The quantitative estimate of drug-likeness (QED) is 0.913. The minimum absolute atomic E-state index is 0.0844. The summed E-state index contributed by atoms with van der Waals surface area (Å²) in [4.78, 5) is 0. The molecule has 0 radical (unpaired) electrons. The van der Waals surface area contributed by atoms with Crippen molar-refractivity contribution in [2.45, 2.75) is 13.3 Å². The summed E-state index contributed by atoms with van der Waals surface area (Å²) in [5.41, 5.74) is 6.46. The number of hydrogen-bond acceptors (Lipinski definition) is 4. The average Bonchev–Trinajstić information content (AvgIpc) is 2.74. The van der Waals surface area contributed by atoms with Crippen LogP contribution in [0.15, 0.2) is 22.7 Å². The van der Waals surface area contributed by atoms with Gasteiger partial charge >= 0.3 is 0 Å². The van der Waals surface area contributed by atoms with Crippen molar-refractivity contribution in [1.82, 2.24) is 5.16 Å². The molecule has 0 saturated heterocycles. The molecular formula is C12H12F2N2O2. The van der Waals surface area contributed by atoms with E-state index in [2.05, 4.69) is 5.16 Å². The molecule has 1 heterocycles. The van der Waals surface area contributed by atoms with Gasteiger partial charge in [0.25, 0.3) is 6.43 Å². The lowest BCUT2D eigenvalue weighted by molar-refractivity contribution is 0.147. The summed E-state index contributed by atoms with van der Waals surface area (Å²) in [6, 6.07) is 4.39. The van der Waals surface area contributed by atoms with E-state index in [1.54, 1.807) is 13.0 Å². The number of alkyl halides is 2. The summed E-state index contributed by atoms with van der Waals surface area (Å²) in [6.07, 6.45) is -2.63. The molecule has 0 aliphatic heterocycles. The van der Waals surface area contributed by atoms with Crippen molar-refractivity contribution >= 4 is 5.82 Å². The van der Waals surface area contributed by atoms with Crippen LogP contribution in [-0.4, -0.2) is 12.3 Å². The number of halogens is 2. The Hall–Kier alpha value is -2.11. The van der Waals surface area contributed by atoms with Crippen molar-refractivity contribution in [3.05, 3.63) is 29.3 Å². The Kier molecular flexibility index (Phi) is 3.18. The van der Waals surface area contributed by atoms with E-state index in [9.17, 15) is 8.78 Å². The molecule has 2 N–H and O–H groups in total. The van der Waals surface area contributed by atoms with Crippen LogP contribution in [0, 0.1) is 6.92 Å². The molecule has 6 heteroatoms. The molecule has 0 bridgehead atoms. The van der Waals surface area contributed by atoms with Crippen LogP contribution in [0.25, 0.3) is 11.3 Å². The van der Waals surface area contributed by atoms with Crippen LogP contribution < -0.4 is 10.5 Å². The molecule has 1 aromatic heterocycles. The number of nitrogens with zero attached hydrogens (tertiary/aromatic N) is 1. The van der Waals surface area contributed by atoms with Gasteiger partial charge in [-0.1, -0.05) is 11.2 Å². The normalized spacial score (nSPS) is 10.9. The second-order valence-electron chi connectivity index (χ2n) is 3.80. The third-order valence-corrected chi connectivity index (χ3v) is 2.61. The fourth-order valence-electron chi connectivity index (χ4n) is 1.80. The first-order valence-electron chi connectivity index (χ1n) is 5.22. The number of hydrogen-bond donors (Lipinski definition) is 1. The Morgan fingerprint density at radius 3 is 2.61 bits per heavy atom. The Morgan fingerprint density at radius 1 is 1.39 bits per heavy atom.